The van der Waals surface area contributed by atoms with Gasteiger partial charge in [-0.1, -0.05) is 18.2 Å². The molecule has 4 rings (SSSR count). The zero-order valence-electron chi connectivity index (χ0n) is 18.6. The third-order valence-electron chi connectivity index (χ3n) is 6.01. The van der Waals surface area contributed by atoms with Crippen LogP contribution in [-0.4, -0.2) is 41.8 Å². The number of carbonyl (C=O) groups excluding carboxylic acids is 3. The lowest BCUT2D eigenvalue weighted by molar-refractivity contribution is -0.124. The van der Waals surface area contributed by atoms with Gasteiger partial charge in [-0.3, -0.25) is 14.4 Å². The minimum absolute atomic E-state index is 0.151. The van der Waals surface area contributed by atoms with Crippen LogP contribution < -0.4 is 10.6 Å². The summed E-state index contributed by atoms with van der Waals surface area (Å²) in [6.45, 7) is 1.08. The first-order valence-electron chi connectivity index (χ1n) is 11.2. The molecule has 0 radical (unpaired) electrons. The lowest BCUT2D eigenvalue weighted by Gasteiger charge is -2.35. The van der Waals surface area contributed by atoms with Gasteiger partial charge in [0.05, 0.1) is 12.8 Å². The van der Waals surface area contributed by atoms with E-state index in [9.17, 15) is 18.8 Å². The Morgan fingerprint density at radius 2 is 1.65 bits per heavy atom. The molecule has 8 heteroatoms. The van der Waals surface area contributed by atoms with Crippen molar-refractivity contribution in [3.05, 3.63) is 95.7 Å². The highest BCUT2D eigenvalue weighted by Gasteiger charge is 2.34. The molecule has 1 aromatic heterocycles. The van der Waals surface area contributed by atoms with Crippen LogP contribution in [0.25, 0.3) is 0 Å². The van der Waals surface area contributed by atoms with E-state index in [-0.39, 0.29) is 30.2 Å². The van der Waals surface area contributed by atoms with E-state index in [1.54, 1.807) is 41.3 Å². The molecule has 1 atom stereocenters. The molecule has 2 N–H and O–H groups in total. The van der Waals surface area contributed by atoms with Crippen molar-refractivity contribution in [3.8, 4) is 0 Å². The number of nitrogens with zero attached hydrogens (tertiary/aromatic N) is 1. The van der Waals surface area contributed by atoms with Crippen molar-refractivity contribution in [1.82, 2.24) is 15.5 Å². The van der Waals surface area contributed by atoms with Gasteiger partial charge < -0.3 is 20.0 Å². The number of likely N-dealkylation sites (tertiary alicyclic amines) is 1. The van der Waals surface area contributed by atoms with Crippen LogP contribution in [-0.2, 0) is 11.3 Å². The number of nitrogens with one attached hydrogen (secondary N) is 2. The number of halogens is 1. The highest BCUT2D eigenvalue weighted by atomic mass is 19.1. The molecule has 176 valence electrons. The molecule has 1 aliphatic rings. The summed E-state index contributed by atoms with van der Waals surface area (Å²) in [6, 6.07) is 16.9. The number of benzene rings is 2. The third-order valence-corrected chi connectivity index (χ3v) is 6.01. The van der Waals surface area contributed by atoms with E-state index in [0.29, 0.717) is 42.8 Å². The molecule has 1 aliphatic heterocycles. The van der Waals surface area contributed by atoms with E-state index in [1.807, 2.05) is 6.07 Å². The monoisotopic (exact) mass is 463 g/mol. The van der Waals surface area contributed by atoms with Crippen molar-refractivity contribution in [2.24, 2.45) is 5.92 Å². The Kier molecular flexibility index (Phi) is 7.37. The molecule has 1 saturated heterocycles. The van der Waals surface area contributed by atoms with Crippen molar-refractivity contribution in [2.45, 2.75) is 25.4 Å². The van der Waals surface area contributed by atoms with Crippen molar-refractivity contribution >= 4 is 17.7 Å². The molecule has 7 nitrogen and oxygen atoms in total. The van der Waals surface area contributed by atoms with Crippen LogP contribution in [0, 0.1) is 11.7 Å². The SMILES string of the molecule is O=C(NC(C(=O)NCc1ccco1)C1CCN(C(=O)c2ccc(F)cc2)CC1)c1ccccc1. The number of hydrogen-bond acceptors (Lipinski definition) is 4. The zero-order valence-corrected chi connectivity index (χ0v) is 18.6. The summed E-state index contributed by atoms with van der Waals surface area (Å²) in [5, 5.41) is 5.73. The van der Waals surface area contributed by atoms with Crippen LogP contribution in [0.1, 0.15) is 39.3 Å². The Labute approximate surface area is 196 Å². The fourth-order valence-electron chi connectivity index (χ4n) is 4.12. The summed E-state index contributed by atoms with van der Waals surface area (Å²) in [5.74, 6) is -0.742. The second kappa shape index (κ2) is 10.8. The molecule has 34 heavy (non-hydrogen) atoms. The van der Waals surface area contributed by atoms with E-state index in [0.717, 1.165) is 0 Å². The average molecular weight is 464 g/mol. The second-order valence-corrected chi connectivity index (χ2v) is 8.25. The lowest BCUT2D eigenvalue weighted by Crippen LogP contribution is -2.53. The Bertz CT molecular complexity index is 1110. The van der Waals surface area contributed by atoms with Crippen molar-refractivity contribution < 1.29 is 23.2 Å². The molecular weight excluding hydrogens is 437 g/mol. The van der Waals surface area contributed by atoms with Gasteiger partial charge in [0.1, 0.15) is 17.6 Å². The van der Waals surface area contributed by atoms with E-state index < -0.39 is 11.9 Å². The lowest BCUT2D eigenvalue weighted by atomic mass is 9.88. The van der Waals surface area contributed by atoms with Crippen LogP contribution in [0.15, 0.2) is 77.4 Å². The first-order valence-corrected chi connectivity index (χ1v) is 11.2. The molecule has 3 aromatic rings. The standard InChI is InChI=1S/C26H26FN3O4/c27-21-10-8-20(9-11-21)26(33)30-14-12-18(13-15-30)23(25(32)28-17-22-7-4-16-34-22)29-24(31)19-5-2-1-3-6-19/h1-11,16,18,23H,12-15,17H2,(H,28,32)(H,29,31). The highest BCUT2D eigenvalue weighted by Crippen LogP contribution is 2.23. The molecule has 0 aliphatic carbocycles. The van der Waals surface area contributed by atoms with Gasteiger partial charge in [0.2, 0.25) is 5.91 Å². The first kappa shape index (κ1) is 23.2. The molecule has 1 fully saturated rings. The molecule has 0 spiro atoms. The van der Waals surface area contributed by atoms with Crippen LogP contribution in [0.3, 0.4) is 0 Å². The molecule has 0 bridgehead atoms. The smallest absolute Gasteiger partial charge is 0.253 e. The predicted octanol–water partition coefficient (Wildman–Crippen LogP) is 3.39. The normalized spacial score (nSPS) is 14.9. The molecule has 3 amide bonds. The molecule has 2 aromatic carbocycles. The highest BCUT2D eigenvalue weighted by molar-refractivity contribution is 5.97. The molecule has 0 saturated carbocycles. The number of carbonyl (C=O) groups is 3. The number of furan rings is 1. The summed E-state index contributed by atoms with van der Waals surface area (Å²) >= 11 is 0. The average Bonchev–Trinajstić information content (AvgIpc) is 3.40. The molecule has 2 heterocycles. The Morgan fingerprint density at radius 1 is 0.941 bits per heavy atom. The van der Waals surface area contributed by atoms with Crippen LogP contribution in [0.5, 0.6) is 0 Å². The van der Waals surface area contributed by atoms with Crippen molar-refractivity contribution in [1.29, 1.82) is 0 Å². The Balaban J connectivity index is 1.42. The minimum Gasteiger partial charge on any atom is -0.467 e. The van der Waals surface area contributed by atoms with Gasteiger partial charge in [-0.15, -0.1) is 0 Å². The van der Waals surface area contributed by atoms with Gasteiger partial charge >= 0.3 is 0 Å². The Hall–Kier alpha value is -3.94. The number of piperidine rings is 1. The van der Waals surface area contributed by atoms with E-state index in [1.165, 1.54) is 30.5 Å². The summed E-state index contributed by atoms with van der Waals surface area (Å²) in [6.07, 6.45) is 2.62. The number of amides is 3. The van der Waals surface area contributed by atoms with Gasteiger partial charge in [-0.2, -0.15) is 0 Å². The van der Waals surface area contributed by atoms with Gasteiger partial charge in [0.15, 0.2) is 0 Å². The van der Waals surface area contributed by atoms with Gasteiger partial charge in [-0.05, 0) is 67.3 Å². The Morgan fingerprint density at radius 3 is 2.29 bits per heavy atom. The maximum atomic E-state index is 13.2. The first-order chi connectivity index (χ1) is 16.5. The minimum atomic E-state index is -0.759. The van der Waals surface area contributed by atoms with E-state index in [4.69, 9.17) is 4.42 Å². The predicted molar refractivity (Wildman–Crippen MR) is 123 cm³/mol. The fraction of sp³-hybridized carbons (Fsp3) is 0.269. The largest absolute Gasteiger partial charge is 0.467 e. The maximum absolute atomic E-state index is 13.2. The third kappa shape index (κ3) is 5.70. The van der Waals surface area contributed by atoms with Gasteiger partial charge in [-0.25, -0.2) is 4.39 Å². The van der Waals surface area contributed by atoms with E-state index >= 15 is 0 Å². The topological polar surface area (TPSA) is 91.7 Å². The summed E-state index contributed by atoms with van der Waals surface area (Å²) in [5.41, 5.74) is 0.889. The number of hydrogen-bond donors (Lipinski definition) is 2. The quantitative estimate of drug-likeness (QED) is 0.562. The van der Waals surface area contributed by atoms with Gasteiger partial charge in [0.25, 0.3) is 11.8 Å². The molecule has 1 unspecified atom stereocenters. The summed E-state index contributed by atoms with van der Waals surface area (Å²) in [4.78, 5) is 40.4. The molecular formula is C26H26FN3O4. The summed E-state index contributed by atoms with van der Waals surface area (Å²) in [7, 11) is 0. The van der Waals surface area contributed by atoms with Crippen molar-refractivity contribution in [2.75, 3.05) is 13.1 Å². The zero-order chi connectivity index (χ0) is 23.9. The van der Waals surface area contributed by atoms with Gasteiger partial charge in [0, 0.05) is 24.2 Å². The number of rotatable bonds is 7. The van der Waals surface area contributed by atoms with Crippen LogP contribution in [0.4, 0.5) is 4.39 Å². The van der Waals surface area contributed by atoms with Crippen molar-refractivity contribution in [3.63, 3.8) is 0 Å². The summed E-state index contributed by atoms with van der Waals surface area (Å²) < 4.78 is 18.5. The maximum Gasteiger partial charge on any atom is 0.253 e. The van der Waals surface area contributed by atoms with E-state index in [2.05, 4.69) is 10.6 Å². The second-order valence-electron chi connectivity index (χ2n) is 8.25. The van der Waals surface area contributed by atoms with Crippen LogP contribution >= 0.6 is 0 Å². The fourth-order valence-corrected chi connectivity index (χ4v) is 4.12. The van der Waals surface area contributed by atoms with Crippen LogP contribution in [0.2, 0.25) is 0 Å².